The molecule has 1 fully saturated rings. The highest BCUT2D eigenvalue weighted by molar-refractivity contribution is 7.99. The zero-order valence-corrected chi connectivity index (χ0v) is 16.9. The molecule has 0 bridgehead atoms. The number of carbonyl (C=O) groups excluding carboxylic acids is 1. The summed E-state index contributed by atoms with van der Waals surface area (Å²) < 4.78 is 31.8. The largest absolute Gasteiger partial charge is 0.379 e. The summed E-state index contributed by atoms with van der Waals surface area (Å²) in [5.41, 5.74) is 0. The first-order valence-electron chi connectivity index (χ1n) is 8.87. The third-order valence-corrected chi connectivity index (χ3v) is 6.68. The van der Waals surface area contributed by atoms with Crippen LogP contribution in [-0.4, -0.2) is 61.7 Å². The van der Waals surface area contributed by atoms with Crippen molar-refractivity contribution in [1.82, 2.24) is 14.6 Å². The van der Waals surface area contributed by atoms with Crippen molar-refractivity contribution in [3.63, 3.8) is 0 Å². The minimum Gasteiger partial charge on any atom is -0.379 e. The Hall–Kier alpha value is -1.16. The molecule has 1 aliphatic rings. The third kappa shape index (κ3) is 6.53. The van der Waals surface area contributed by atoms with Crippen LogP contribution in [0.5, 0.6) is 0 Å². The molecule has 2 heterocycles. The van der Waals surface area contributed by atoms with Crippen molar-refractivity contribution in [3.8, 4) is 0 Å². The number of rotatable bonds is 10. The van der Waals surface area contributed by atoms with Crippen LogP contribution in [0.25, 0.3) is 0 Å². The second-order valence-electron chi connectivity index (χ2n) is 6.36. The maximum atomic E-state index is 12.4. The zero-order chi connectivity index (χ0) is 19.0. The summed E-state index contributed by atoms with van der Waals surface area (Å²) in [5.74, 6) is 0.172. The van der Waals surface area contributed by atoms with Crippen LogP contribution in [0, 0.1) is 0 Å². The summed E-state index contributed by atoms with van der Waals surface area (Å²) in [6.07, 6.45) is 4.15. The molecule has 1 aromatic rings. The molecule has 0 aromatic carbocycles. The Kier molecular flexibility index (Phi) is 8.33. The van der Waals surface area contributed by atoms with Crippen LogP contribution in [-0.2, 0) is 19.6 Å². The third-order valence-electron chi connectivity index (χ3n) is 3.86. The van der Waals surface area contributed by atoms with Gasteiger partial charge < -0.3 is 10.1 Å². The Balaban J connectivity index is 1.74. The van der Waals surface area contributed by atoms with Crippen LogP contribution in [0.4, 0.5) is 0 Å². The number of ether oxygens (including phenoxy) is 1. The number of aromatic nitrogens is 1. The standard InChI is InChI=1S/C17H27N3O4S2/c1-14(2)24-11-5-8-18-16(21)13-25-17-7-6-15(12-19-17)26(22,23)20-9-3-4-10-20/h6-7,12,14H,3-5,8-11,13H2,1-2H3,(H,18,21). The van der Waals surface area contributed by atoms with Crippen LogP contribution in [0.3, 0.4) is 0 Å². The molecule has 0 atom stereocenters. The van der Waals surface area contributed by atoms with Crippen molar-refractivity contribution in [3.05, 3.63) is 18.3 Å². The Labute approximate surface area is 159 Å². The number of sulfonamides is 1. The minimum absolute atomic E-state index is 0.0740. The molecule has 1 aromatic heterocycles. The summed E-state index contributed by atoms with van der Waals surface area (Å²) in [6.45, 7) is 6.29. The van der Waals surface area contributed by atoms with E-state index in [2.05, 4.69) is 10.3 Å². The van der Waals surface area contributed by atoms with Crippen LogP contribution in [0.2, 0.25) is 0 Å². The number of carbonyl (C=O) groups is 1. The van der Waals surface area contributed by atoms with Gasteiger partial charge in [-0.1, -0.05) is 11.8 Å². The van der Waals surface area contributed by atoms with Crippen LogP contribution in [0.15, 0.2) is 28.3 Å². The molecule has 0 radical (unpaired) electrons. The molecule has 1 N–H and O–H groups in total. The van der Waals surface area contributed by atoms with Gasteiger partial charge in [0.05, 0.1) is 16.9 Å². The fourth-order valence-electron chi connectivity index (χ4n) is 2.49. The Morgan fingerprint density at radius 1 is 1.35 bits per heavy atom. The van der Waals surface area contributed by atoms with E-state index in [0.29, 0.717) is 31.3 Å². The van der Waals surface area contributed by atoms with Gasteiger partial charge in [0.1, 0.15) is 4.90 Å². The molecular formula is C17H27N3O4S2. The predicted molar refractivity (Wildman–Crippen MR) is 102 cm³/mol. The van der Waals surface area contributed by atoms with Gasteiger partial charge in [0, 0.05) is 32.4 Å². The lowest BCUT2D eigenvalue weighted by atomic mass is 10.4. The van der Waals surface area contributed by atoms with Gasteiger partial charge in [-0.05, 0) is 45.2 Å². The summed E-state index contributed by atoms with van der Waals surface area (Å²) in [5, 5.41) is 3.46. The lowest BCUT2D eigenvalue weighted by Crippen LogP contribution is -2.28. The summed E-state index contributed by atoms with van der Waals surface area (Å²) >= 11 is 1.29. The fraction of sp³-hybridized carbons (Fsp3) is 0.647. The Morgan fingerprint density at radius 3 is 2.69 bits per heavy atom. The van der Waals surface area contributed by atoms with Crippen molar-refractivity contribution in [1.29, 1.82) is 0 Å². The zero-order valence-electron chi connectivity index (χ0n) is 15.3. The van der Waals surface area contributed by atoms with Gasteiger partial charge in [0.2, 0.25) is 15.9 Å². The maximum Gasteiger partial charge on any atom is 0.244 e. The Bertz CT molecular complexity index is 672. The highest BCUT2D eigenvalue weighted by Gasteiger charge is 2.27. The first kappa shape index (κ1) is 21.1. The van der Waals surface area contributed by atoms with E-state index in [1.54, 1.807) is 12.1 Å². The lowest BCUT2D eigenvalue weighted by molar-refractivity contribution is -0.118. The van der Waals surface area contributed by atoms with Gasteiger partial charge >= 0.3 is 0 Å². The van der Waals surface area contributed by atoms with Gasteiger partial charge in [-0.25, -0.2) is 13.4 Å². The number of nitrogens with zero attached hydrogens (tertiary/aromatic N) is 2. The molecule has 0 saturated carbocycles. The molecule has 1 aliphatic heterocycles. The first-order valence-corrected chi connectivity index (χ1v) is 11.3. The molecule has 26 heavy (non-hydrogen) atoms. The normalized spacial score (nSPS) is 15.5. The second-order valence-corrected chi connectivity index (χ2v) is 9.29. The van der Waals surface area contributed by atoms with Crippen molar-refractivity contribution in [2.24, 2.45) is 0 Å². The van der Waals surface area contributed by atoms with Crippen LogP contribution >= 0.6 is 11.8 Å². The average molecular weight is 402 g/mol. The summed E-state index contributed by atoms with van der Waals surface area (Å²) in [4.78, 5) is 16.2. The predicted octanol–water partition coefficient (Wildman–Crippen LogP) is 1.89. The van der Waals surface area contributed by atoms with E-state index in [9.17, 15) is 13.2 Å². The van der Waals surface area contributed by atoms with E-state index in [1.807, 2.05) is 13.8 Å². The number of hydrogen-bond donors (Lipinski definition) is 1. The molecular weight excluding hydrogens is 374 g/mol. The highest BCUT2D eigenvalue weighted by atomic mass is 32.2. The summed E-state index contributed by atoms with van der Waals surface area (Å²) in [7, 11) is -3.44. The summed E-state index contributed by atoms with van der Waals surface area (Å²) in [6, 6.07) is 3.21. The van der Waals surface area contributed by atoms with Crippen LogP contribution in [0.1, 0.15) is 33.1 Å². The molecule has 7 nitrogen and oxygen atoms in total. The van der Waals surface area contributed by atoms with Gasteiger partial charge in [-0.3, -0.25) is 4.79 Å². The number of hydrogen-bond acceptors (Lipinski definition) is 6. The molecule has 0 aliphatic carbocycles. The van der Waals surface area contributed by atoms with Crippen molar-refractivity contribution < 1.29 is 17.9 Å². The molecule has 2 rings (SSSR count). The quantitative estimate of drug-likeness (QED) is 0.476. The van der Waals surface area contributed by atoms with E-state index >= 15 is 0 Å². The molecule has 1 saturated heterocycles. The van der Waals surface area contributed by atoms with Crippen molar-refractivity contribution in [2.45, 2.75) is 49.1 Å². The number of pyridine rings is 1. The number of amides is 1. The molecule has 9 heteroatoms. The first-order chi connectivity index (χ1) is 12.4. The van der Waals surface area contributed by atoms with E-state index in [1.165, 1.54) is 22.3 Å². The van der Waals surface area contributed by atoms with E-state index < -0.39 is 10.0 Å². The number of nitrogens with one attached hydrogen (secondary N) is 1. The maximum absolute atomic E-state index is 12.4. The molecule has 1 amide bonds. The molecule has 146 valence electrons. The molecule has 0 spiro atoms. The molecule has 0 unspecified atom stereocenters. The highest BCUT2D eigenvalue weighted by Crippen LogP contribution is 2.22. The smallest absolute Gasteiger partial charge is 0.244 e. The monoisotopic (exact) mass is 401 g/mol. The van der Waals surface area contributed by atoms with Gasteiger partial charge in [-0.2, -0.15) is 4.31 Å². The Morgan fingerprint density at radius 2 is 2.08 bits per heavy atom. The lowest BCUT2D eigenvalue weighted by Gasteiger charge is -2.15. The van der Waals surface area contributed by atoms with Gasteiger partial charge in [0.15, 0.2) is 0 Å². The topological polar surface area (TPSA) is 88.6 Å². The van der Waals surface area contributed by atoms with E-state index in [0.717, 1.165) is 19.3 Å². The van der Waals surface area contributed by atoms with Crippen molar-refractivity contribution >= 4 is 27.7 Å². The van der Waals surface area contributed by atoms with E-state index in [-0.39, 0.29) is 22.7 Å². The van der Waals surface area contributed by atoms with E-state index in [4.69, 9.17) is 4.74 Å². The number of thioether (sulfide) groups is 1. The second kappa shape index (κ2) is 10.2. The van der Waals surface area contributed by atoms with Gasteiger partial charge in [0.25, 0.3) is 0 Å². The van der Waals surface area contributed by atoms with Crippen LogP contribution < -0.4 is 5.32 Å². The van der Waals surface area contributed by atoms with Crippen molar-refractivity contribution in [2.75, 3.05) is 32.0 Å². The minimum atomic E-state index is -3.44. The fourth-order valence-corrected chi connectivity index (χ4v) is 4.63. The van der Waals surface area contributed by atoms with Gasteiger partial charge in [-0.15, -0.1) is 0 Å². The SMILES string of the molecule is CC(C)OCCCNC(=O)CSc1ccc(S(=O)(=O)N2CCCC2)cn1. The average Bonchev–Trinajstić information content (AvgIpc) is 3.15.